The Labute approximate surface area is 132 Å². The average Bonchev–Trinajstić information content (AvgIpc) is 2.54. The molecule has 3 heteroatoms. The molecule has 0 atom stereocenters. The number of hydrogen-bond acceptors (Lipinski definition) is 3. The summed E-state index contributed by atoms with van der Waals surface area (Å²) in [6.45, 7) is 1.15. The zero-order valence-corrected chi connectivity index (χ0v) is 13.3. The summed E-state index contributed by atoms with van der Waals surface area (Å²) in [4.78, 5) is 14.2. The predicted molar refractivity (Wildman–Crippen MR) is 89.1 cm³/mol. The van der Waals surface area contributed by atoms with Crippen LogP contribution in [0.1, 0.15) is 21.5 Å². The highest BCUT2D eigenvalue weighted by Crippen LogP contribution is 2.14. The van der Waals surface area contributed by atoms with Gasteiger partial charge in [-0.1, -0.05) is 48.5 Å². The second-order valence-electron chi connectivity index (χ2n) is 5.58. The summed E-state index contributed by atoms with van der Waals surface area (Å²) >= 11 is 0. The van der Waals surface area contributed by atoms with Crippen LogP contribution in [-0.2, 0) is 17.6 Å². The van der Waals surface area contributed by atoms with Crippen LogP contribution >= 0.6 is 0 Å². The van der Waals surface area contributed by atoms with Gasteiger partial charge >= 0.3 is 5.97 Å². The Balaban J connectivity index is 1.98. The van der Waals surface area contributed by atoms with Crippen LogP contribution in [0.4, 0.5) is 0 Å². The fraction of sp³-hybridized carbons (Fsp3) is 0.316. The molecule has 0 bridgehead atoms. The van der Waals surface area contributed by atoms with E-state index in [2.05, 4.69) is 12.1 Å². The van der Waals surface area contributed by atoms with E-state index < -0.39 is 0 Å². The molecule has 3 nitrogen and oxygen atoms in total. The molecule has 2 aromatic rings. The van der Waals surface area contributed by atoms with Gasteiger partial charge < -0.3 is 9.64 Å². The molecule has 0 fully saturated rings. The lowest BCUT2D eigenvalue weighted by Crippen LogP contribution is -2.20. The number of carbonyl (C=O) groups excluding carboxylic acids is 1. The summed E-state index contributed by atoms with van der Waals surface area (Å²) in [5.41, 5.74) is 3.00. The average molecular weight is 297 g/mol. The summed E-state index contributed by atoms with van der Waals surface area (Å²) in [6.07, 6.45) is 1.76. The Bertz CT molecular complexity index is 593. The van der Waals surface area contributed by atoms with E-state index in [4.69, 9.17) is 4.74 Å². The molecule has 2 rings (SSSR count). The normalized spacial score (nSPS) is 10.7. The molecule has 0 aliphatic rings. The van der Waals surface area contributed by atoms with Crippen molar-refractivity contribution in [3.63, 3.8) is 0 Å². The standard InChI is InChI=1S/C19H23NO2/c1-20(2)14-15-22-19(21)18-11-7-6-10-17(18)13-12-16-8-4-3-5-9-16/h3-11H,12-15H2,1-2H3. The van der Waals surface area contributed by atoms with E-state index in [0.717, 1.165) is 24.9 Å². The SMILES string of the molecule is CN(C)CCOC(=O)c1ccccc1CCc1ccccc1. The Hall–Kier alpha value is -2.13. The molecule has 0 spiro atoms. The number of nitrogens with zero attached hydrogens (tertiary/aromatic N) is 1. The second kappa shape index (κ2) is 8.35. The number of esters is 1. The molecular weight excluding hydrogens is 274 g/mol. The fourth-order valence-electron chi connectivity index (χ4n) is 2.26. The summed E-state index contributed by atoms with van der Waals surface area (Å²) in [6, 6.07) is 18.0. The molecule has 0 heterocycles. The van der Waals surface area contributed by atoms with Crippen molar-refractivity contribution < 1.29 is 9.53 Å². The first-order chi connectivity index (χ1) is 10.7. The third-order valence-electron chi connectivity index (χ3n) is 3.53. The van der Waals surface area contributed by atoms with Crippen LogP contribution < -0.4 is 0 Å². The Morgan fingerprint density at radius 1 is 0.955 bits per heavy atom. The molecule has 0 radical (unpaired) electrons. The lowest BCUT2D eigenvalue weighted by Gasteiger charge is -2.12. The Kier molecular flexibility index (Phi) is 6.16. The third kappa shape index (κ3) is 5.01. The number of rotatable bonds is 7. The van der Waals surface area contributed by atoms with E-state index in [1.54, 1.807) is 0 Å². The molecule has 0 aliphatic heterocycles. The van der Waals surface area contributed by atoms with Crippen LogP contribution in [0.15, 0.2) is 54.6 Å². The maximum atomic E-state index is 12.2. The first kappa shape index (κ1) is 16.2. The molecule has 0 saturated heterocycles. The zero-order chi connectivity index (χ0) is 15.8. The fourth-order valence-corrected chi connectivity index (χ4v) is 2.26. The van der Waals surface area contributed by atoms with Gasteiger partial charge in [0.1, 0.15) is 6.61 Å². The molecule has 0 aromatic heterocycles. The van der Waals surface area contributed by atoms with Gasteiger partial charge in [-0.15, -0.1) is 0 Å². The third-order valence-corrected chi connectivity index (χ3v) is 3.53. The number of likely N-dealkylation sites (N-methyl/N-ethyl adjacent to an activating group) is 1. The van der Waals surface area contributed by atoms with Crippen molar-refractivity contribution in [2.24, 2.45) is 0 Å². The van der Waals surface area contributed by atoms with Crippen molar-refractivity contribution in [1.29, 1.82) is 0 Å². The highest BCUT2D eigenvalue weighted by Gasteiger charge is 2.12. The summed E-state index contributed by atoms with van der Waals surface area (Å²) in [5, 5.41) is 0. The predicted octanol–water partition coefficient (Wildman–Crippen LogP) is 3.19. The molecule has 22 heavy (non-hydrogen) atoms. The molecule has 0 saturated carbocycles. The van der Waals surface area contributed by atoms with Gasteiger partial charge in [-0.05, 0) is 44.1 Å². The van der Waals surface area contributed by atoms with Crippen molar-refractivity contribution in [1.82, 2.24) is 4.90 Å². The molecule has 0 amide bonds. The molecule has 0 N–H and O–H groups in total. The Morgan fingerprint density at radius 2 is 1.64 bits per heavy atom. The van der Waals surface area contributed by atoms with Gasteiger partial charge in [-0.25, -0.2) is 4.79 Å². The van der Waals surface area contributed by atoms with Gasteiger partial charge in [0.25, 0.3) is 0 Å². The summed E-state index contributed by atoms with van der Waals surface area (Å²) in [5.74, 6) is -0.231. The van der Waals surface area contributed by atoms with Gasteiger partial charge in [0.05, 0.1) is 5.56 Å². The van der Waals surface area contributed by atoms with Crippen LogP contribution in [0.3, 0.4) is 0 Å². The number of hydrogen-bond donors (Lipinski definition) is 0. The van der Waals surface area contributed by atoms with Gasteiger partial charge in [0.2, 0.25) is 0 Å². The van der Waals surface area contributed by atoms with Crippen LogP contribution in [0.2, 0.25) is 0 Å². The highest BCUT2D eigenvalue weighted by molar-refractivity contribution is 5.91. The van der Waals surface area contributed by atoms with Crippen molar-refractivity contribution in [2.45, 2.75) is 12.8 Å². The molecule has 0 aliphatic carbocycles. The van der Waals surface area contributed by atoms with Crippen LogP contribution in [-0.4, -0.2) is 38.1 Å². The summed E-state index contributed by atoms with van der Waals surface area (Å²) < 4.78 is 5.35. The van der Waals surface area contributed by atoms with E-state index in [1.807, 2.05) is 61.5 Å². The van der Waals surface area contributed by atoms with Crippen LogP contribution in [0, 0.1) is 0 Å². The van der Waals surface area contributed by atoms with Crippen LogP contribution in [0.25, 0.3) is 0 Å². The summed E-state index contributed by atoms with van der Waals surface area (Å²) in [7, 11) is 3.92. The smallest absolute Gasteiger partial charge is 0.338 e. The number of carbonyl (C=O) groups is 1. The van der Waals surface area contributed by atoms with Gasteiger partial charge in [-0.2, -0.15) is 0 Å². The first-order valence-electron chi connectivity index (χ1n) is 7.60. The van der Waals surface area contributed by atoms with Gasteiger partial charge in [0.15, 0.2) is 0 Å². The van der Waals surface area contributed by atoms with E-state index in [-0.39, 0.29) is 5.97 Å². The minimum Gasteiger partial charge on any atom is -0.461 e. The maximum absolute atomic E-state index is 12.2. The minimum absolute atomic E-state index is 0.231. The van der Waals surface area contributed by atoms with Gasteiger partial charge in [0, 0.05) is 6.54 Å². The Morgan fingerprint density at radius 3 is 2.36 bits per heavy atom. The zero-order valence-electron chi connectivity index (χ0n) is 13.3. The van der Waals surface area contributed by atoms with Crippen LogP contribution in [0.5, 0.6) is 0 Å². The molecular formula is C19H23NO2. The van der Waals surface area contributed by atoms with Crippen molar-refractivity contribution in [2.75, 3.05) is 27.2 Å². The van der Waals surface area contributed by atoms with E-state index in [9.17, 15) is 4.79 Å². The number of aryl methyl sites for hydroxylation is 2. The lowest BCUT2D eigenvalue weighted by atomic mass is 10.00. The van der Waals surface area contributed by atoms with Crippen molar-refractivity contribution >= 4 is 5.97 Å². The first-order valence-corrected chi connectivity index (χ1v) is 7.60. The largest absolute Gasteiger partial charge is 0.461 e. The second-order valence-corrected chi connectivity index (χ2v) is 5.58. The highest BCUT2D eigenvalue weighted by atomic mass is 16.5. The van der Waals surface area contributed by atoms with E-state index in [1.165, 1.54) is 5.56 Å². The lowest BCUT2D eigenvalue weighted by molar-refractivity contribution is 0.0480. The maximum Gasteiger partial charge on any atom is 0.338 e. The van der Waals surface area contributed by atoms with E-state index in [0.29, 0.717) is 12.2 Å². The topological polar surface area (TPSA) is 29.5 Å². The molecule has 116 valence electrons. The van der Waals surface area contributed by atoms with E-state index >= 15 is 0 Å². The number of benzene rings is 2. The quantitative estimate of drug-likeness (QED) is 0.735. The monoisotopic (exact) mass is 297 g/mol. The molecule has 2 aromatic carbocycles. The van der Waals surface area contributed by atoms with Crippen molar-refractivity contribution in [3.8, 4) is 0 Å². The molecule has 0 unspecified atom stereocenters. The number of ether oxygens (including phenoxy) is 1. The van der Waals surface area contributed by atoms with Crippen molar-refractivity contribution in [3.05, 3.63) is 71.3 Å². The van der Waals surface area contributed by atoms with Gasteiger partial charge in [-0.3, -0.25) is 0 Å². The minimum atomic E-state index is -0.231.